The SMILES string of the molecule is Cc1ccc(S(=O)(=O)OC(=O)N2C(=O)c3ccccc3C2=O)cc1. The molecule has 0 fully saturated rings. The van der Waals surface area contributed by atoms with Crippen LogP contribution < -0.4 is 0 Å². The van der Waals surface area contributed by atoms with Gasteiger partial charge in [-0.15, -0.1) is 0 Å². The van der Waals surface area contributed by atoms with Gasteiger partial charge in [-0.3, -0.25) is 9.59 Å². The maximum absolute atomic E-state index is 12.1. The normalized spacial score (nSPS) is 13.8. The van der Waals surface area contributed by atoms with E-state index in [0.717, 1.165) is 5.56 Å². The van der Waals surface area contributed by atoms with Crippen molar-refractivity contribution in [3.63, 3.8) is 0 Å². The summed E-state index contributed by atoms with van der Waals surface area (Å²) in [7, 11) is -4.44. The lowest BCUT2D eigenvalue weighted by Crippen LogP contribution is -2.37. The molecule has 3 rings (SSSR count). The van der Waals surface area contributed by atoms with Crippen LogP contribution in [0.3, 0.4) is 0 Å². The molecule has 2 aromatic carbocycles. The van der Waals surface area contributed by atoms with Gasteiger partial charge < -0.3 is 4.18 Å². The van der Waals surface area contributed by atoms with Gasteiger partial charge in [0.05, 0.1) is 11.1 Å². The summed E-state index contributed by atoms with van der Waals surface area (Å²) < 4.78 is 28.6. The van der Waals surface area contributed by atoms with Crippen molar-refractivity contribution in [1.29, 1.82) is 0 Å². The highest BCUT2D eigenvalue weighted by atomic mass is 32.2. The molecule has 1 heterocycles. The standard InChI is InChI=1S/C16H11NO6S/c1-10-6-8-11(9-7-10)24(21,22)23-16(20)17-14(18)12-4-2-3-5-13(12)15(17)19/h2-9H,1H3. The first-order valence-corrected chi connectivity index (χ1v) is 8.25. The molecule has 1 aliphatic rings. The van der Waals surface area contributed by atoms with Crippen molar-refractivity contribution in [2.75, 3.05) is 0 Å². The van der Waals surface area contributed by atoms with Gasteiger partial charge in [0, 0.05) is 0 Å². The van der Waals surface area contributed by atoms with Crippen LogP contribution >= 0.6 is 0 Å². The maximum Gasteiger partial charge on any atom is 0.440 e. The summed E-state index contributed by atoms with van der Waals surface area (Å²) in [6.07, 6.45) is -1.55. The van der Waals surface area contributed by atoms with Gasteiger partial charge in [-0.1, -0.05) is 29.8 Å². The Labute approximate surface area is 137 Å². The molecule has 0 spiro atoms. The summed E-state index contributed by atoms with van der Waals surface area (Å²) in [5, 5.41) is 0. The van der Waals surface area contributed by atoms with Crippen LogP contribution in [-0.4, -0.2) is 31.2 Å². The fourth-order valence-corrected chi connectivity index (χ4v) is 3.07. The minimum Gasteiger partial charge on any atom is -0.324 e. The van der Waals surface area contributed by atoms with E-state index in [2.05, 4.69) is 4.18 Å². The molecule has 24 heavy (non-hydrogen) atoms. The Hall–Kier alpha value is -3.00. The molecule has 0 saturated carbocycles. The smallest absolute Gasteiger partial charge is 0.324 e. The lowest BCUT2D eigenvalue weighted by Gasteiger charge is -2.12. The molecule has 122 valence electrons. The molecule has 3 amide bonds. The second-order valence-corrected chi connectivity index (χ2v) is 6.65. The first kappa shape index (κ1) is 15.9. The summed E-state index contributed by atoms with van der Waals surface area (Å²) >= 11 is 0. The van der Waals surface area contributed by atoms with Crippen LogP contribution in [0.15, 0.2) is 53.4 Å². The van der Waals surface area contributed by atoms with E-state index in [4.69, 9.17) is 0 Å². The number of imide groups is 3. The van der Waals surface area contributed by atoms with Crippen LogP contribution in [0.1, 0.15) is 26.3 Å². The zero-order chi connectivity index (χ0) is 17.5. The summed E-state index contributed by atoms with van der Waals surface area (Å²) in [6, 6.07) is 11.4. The molecule has 0 unspecified atom stereocenters. The van der Waals surface area contributed by atoms with E-state index >= 15 is 0 Å². The van der Waals surface area contributed by atoms with E-state index in [-0.39, 0.29) is 20.9 Å². The molecule has 1 aliphatic heterocycles. The molecule has 0 atom stereocenters. The molecular weight excluding hydrogens is 334 g/mol. The first-order chi connectivity index (χ1) is 11.3. The van der Waals surface area contributed by atoms with E-state index in [1.165, 1.54) is 48.5 Å². The maximum atomic E-state index is 12.1. The quantitative estimate of drug-likeness (QED) is 0.611. The fourth-order valence-electron chi connectivity index (χ4n) is 2.24. The van der Waals surface area contributed by atoms with Crippen LogP contribution in [0.4, 0.5) is 4.79 Å². The third kappa shape index (κ3) is 2.56. The highest BCUT2D eigenvalue weighted by molar-refractivity contribution is 7.87. The highest BCUT2D eigenvalue weighted by Crippen LogP contribution is 2.24. The topological polar surface area (TPSA) is 97.8 Å². The number of benzene rings is 2. The lowest BCUT2D eigenvalue weighted by atomic mass is 10.1. The zero-order valence-corrected chi connectivity index (χ0v) is 13.2. The molecule has 0 aromatic heterocycles. The minimum absolute atomic E-state index is 0.0205. The highest BCUT2D eigenvalue weighted by Gasteiger charge is 2.42. The van der Waals surface area contributed by atoms with Crippen LogP contribution in [0, 0.1) is 6.92 Å². The van der Waals surface area contributed by atoms with Crippen LogP contribution in [0.5, 0.6) is 0 Å². The Kier molecular flexibility index (Phi) is 3.69. The molecule has 0 N–H and O–H groups in total. The van der Waals surface area contributed by atoms with Crippen molar-refractivity contribution in [3.05, 3.63) is 65.2 Å². The number of aryl methyl sites for hydroxylation is 1. The van der Waals surface area contributed by atoms with Gasteiger partial charge in [-0.05, 0) is 31.2 Å². The second kappa shape index (κ2) is 5.57. The van der Waals surface area contributed by atoms with Crippen molar-refractivity contribution in [1.82, 2.24) is 4.90 Å². The number of fused-ring (bicyclic) bond motifs is 1. The van der Waals surface area contributed by atoms with E-state index in [1.807, 2.05) is 0 Å². The summed E-state index contributed by atoms with van der Waals surface area (Å²) in [6.45, 7) is 1.77. The van der Waals surface area contributed by atoms with Crippen molar-refractivity contribution in [3.8, 4) is 0 Å². The fraction of sp³-hybridized carbons (Fsp3) is 0.0625. The van der Waals surface area contributed by atoms with Gasteiger partial charge >= 0.3 is 16.2 Å². The molecule has 0 saturated heterocycles. The summed E-state index contributed by atoms with van der Waals surface area (Å²) in [4.78, 5) is 36.2. The van der Waals surface area contributed by atoms with Crippen LogP contribution in [0.25, 0.3) is 0 Å². The van der Waals surface area contributed by atoms with Crippen molar-refractivity contribution in [2.24, 2.45) is 0 Å². The van der Waals surface area contributed by atoms with E-state index in [9.17, 15) is 22.8 Å². The molecular formula is C16H11NO6S. The Balaban J connectivity index is 1.87. The molecule has 7 nitrogen and oxygen atoms in total. The van der Waals surface area contributed by atoms with E-state index in [1.54, 1.807) is 6.92 Å². The molecule has 0 bridgehead atoms. The Morgan fingerprint density at radius 3 is 1.92 bits per heavy atom. The third-order valence-corrected chi connectivity index (χ3v) is 4.68. The predicted molar refractivity (Wildman–Crippen MR) is 81.8 cm³/mol. The molecule has 0 aliphatic carbocycles. The summed E-state index contributed by atoms with van der Waals surface area (Å²) in [5.41, 5.74) is 0.861. The summed E-state index contributed by atoms with van der Waals surface area (Å²) in [5.74, 6) is -1.83. The number of rotatable bonds is 2. The van der Waals surface area contributed by atoms with Gasteiger partial charge in [0.2, 0.25) is 0 Å². The molecule has 2 aromatic rings. The van der Waals surface area contributed by atoms with Crippen LogP contribution in [-0.2, 0) is 14.3 Å². The average molecular weight is 345 g/mol. The number of amides is 3. The third-order valence-electron chi connectivity index (χ3n) is 3.47. The molecule has 0 radical (unpaired) electrons. The number of hydrogen-bond acceptors (Lipinski definition) is 6. The van der Waals surface area contributed by atoms with E-state index in [0.29, 0.717) is 0 Å². The van der Waals surface area contributed by atoms with Crippen molar-refractivity contribution >= 4 is 28.0 Å². The van der Waals surface area contributed by atoms with Crippen molar-refractivity contribution in [2.45, 2.75) is 11.8 Å². The second-order valence-electron chi connectivity index (χ2n) is 5.11. The Morgan fingerprint density at radius 2 is 1.42 bits per heavy atom. The number of nitrogens with zero attached hydrogens (tertiary/aromatic N) is 1. The van der Waals surface area contributed by atoms with Gasteiger partial charge in [-0.2, -0.15) is 13.3 Å². The predicted octanol–water partition coefficient (Wildman–Crippen LogP) is 2.12. The van der Waals surface area contributed by atoms with Gasteiger partial charge in [-0.25, -0.2) is 4.79 Å². The largest absolute Gasteiger partial charge is 0.440 e. The monoisotopic (exact) mass is 345 g/mol. The Morgan fingerprint density at radius 1 is 0.917 bits per heavy atom. The number of carbonyl (C=O) groups is 3. The van der Waals surface area contributed by atoms with Gasteiger partial charge in [0.25, 0.3) is 11.8 Å². The zero-order valence-electron chi connectivity index (χ0n) is 12.4. The minimum atomic E-state index is -4.44. The lowest BCUT2D eigenvalue weighted by molar-refractivity contribution is 0.0664. The average Bonchev–Trinajstić information content (AvgIpc) is 2.79. The van der Waals surface area contributed by atoms with E-state index < -0.39 is 28.0 Å². The van der Waals surface area contributed by atoms with Crippen molar-refractivity contribution < 1.29 is 27.0 Å². The van der Waals surface area contributed by atoms with Gasteiger partial charge in [0.1, 0.15) is 4.90 Å². The first-order valence-electron chi connectivity index (χ1n) is 6.84. The van der Waals surface area contributed by atoms with Crippen LogP contribution in [0.2, 0.25) is 0 Å². The molecule has 8 heteroatoms. The Bertz CT molecular complexity index is 927. The number of hydrogen-bond donors (Lipinski definition) is 0. The van der Waals surface area contributed by atoms with Gasteiger partial charge in [0.15, 0.2) is 0 Å². The number of carbonyl (C=O) groups excluding carboxylic acids is 3.